The maximum atomic E-state index is 13.8. The Morgan fingerprint density at radius 1 is 0.692 bits per heavy atom. The first-order valence-electron chi connectivity index (χ1n) is 12.2. The zero-order chi connectivity index (χ0) is 27.0. The fourth-order valence-electron chi connectivity index (χ4n) is 5.06. The second kappa shape index (κ2) is 9.49. The number of rotatable bonds is 6. The number of hydrogen-bond donors (Lipinski definition) is 1. The number of anilines is 1. The van der Waals surface area contributed by atoms with Crippen LogP contribution in [0.1, 0.15) is 16.7 Å². The van der Waals surface area contributed by atoms with E-state index in [1.807, 2.05) is 91.0 Å². The van der Waals surface area contributed by atoms with E-state index >= 15 is 0 Å². The quantitative estimate of drug-likeness (QED) is 0.272. The van der Waals surface area contributed by atoms with Gasteiger partial charge in [-0.05, 0) is 41.0 Å². The van der Waals surface area contributed by atoms with Crippen molar-refractivity contribution in [3.05, 3.63) is 150 Å². The van der Waals surface area contributed by atoms with Crippen molar-refractivity contribution in [1.82, 2.24) is 14.8 Å². The second-order valence-corrected chi connectivity index (χ2v) is 11.1. The lowest BCUT2D eigenvalue weighted by Gasteiger charge is -2.36. The summed E-state index contributed by atoms with van der Waals surface area (Å²) >= 11 is 0. The van der Waals surface area contributed by atoms with E-state index in [2.05, 4.69) is 4.98 Å². The van der Waals surface area contributed by atoms with Crippen molar-refractivity contribution in [3.8, 4) is 0 Å². The maximum Gasteiger partial charge on any atom is 0.208 e. The van der Waals surface area contributed by atoms with E-state index in [0.717, 1.165) is 22.8 Å². The first-order valence-corrected chi connectivity index (χ1v) is 13.7. The van der Waals surface area contributed by atoms with Crippen molar-refractivity contribution in [1.29, 1.82) is 0 Å². The molecule has 0 aliphatic carbocycles. The third-order valence-corrected chi connectivity index (χ3v) is 8.55. The Labute approximate surface area is 225 Å². The Morgan fingerprint density at radius 3 is 1.74 bits per heavy atom. The van der Waals surface area contributed by atoms with E-state index in [0.29, 0.717) is 11.0 Å². The van der Waals surface area contributed by atoms with Crippen LogP contribution in [0.2, 0.25) is 0 Å². The highest BCUT2D eigenvalue weighted by Crippen LogP contribution is 2.43. The summed E-state index contributed by atoms with van der Waals surface area (Å²) in [4.78, 5) is 4.34. The first kappa shape index (κ1) is 24.5. The molecule has 0 unspecified atom stereocenters. The average molecular weight is 535 g/mol. The molecule has 6 aromatic rings. The normalized spacial score (nSPS) is 12.0. The van der Waals surface area contributed by atoms with Gasteiger partial charge in [-0.15, -0.1) is 0 Å². The van der Waals surface area contributed by atoms with Gasteiger partial charge in [-0.1, -0.05) is 97.1 Å². The minimum Gasteiger partial charge on any atom is -0.382 e. The third-order valence-electron chi connectivity index (χ3n) is 6.83. The van der Waals surface area contributed by atoms with Gasteiger partial charge in [0, 0.05) is 6.20 Å². The summed E-state index contributed by atoms with van der Waals surface area (Å²) in [7, 11) is -4.05. The summed E-state index contributed by atoms with van der Waals surface area (Å²) in [6, 6.07) is 36.1. The predicted octanol–water partition coefficient (Wildman–Crippen LogP) is 5.83. The molecule has 0 aliphatic rings. The third kappa shape index (κ3) is 3.97. The molecular weight excluding hydrogens is 511 g/mol. The lowest BCUT2D eigenvalue weighted by Crippen LogP contribution is -2.38. The van der Waals surface area contributed by atoms with Crippen molar-refractivity contribution < 1.29 is 12.8 Å². The lowest BCUT2D eigenvalue weighted by molar-refractivity contribution is 0.474. The highest BCUT2D eigenvalue weighted by molar-refractivity contribution is 7.91. The molecule has 39 heavy (non-hydrogen) atoms. The minimum atomic E-state index is -4.05. The van der Waals surface area contributed by atoms with Crippen LogP contribution in [0.3, 0.4) is 0 Å². The lowest BCUT2D eigenvalue weighted by atomic mass is 9.77. The number of benzene rings is 4. The van der Waals surface area contributed by atoms with Crippen molar-refractivity contribution in [2.24, 2.45) is 0 Å². The Morgan fingerprint density at radius 2 is 1.23 bits per heavy atom. The van der Waals surface area contributed by atoms with Crippen LogP contribution in [0.4, 0.5) is 10.2 Å². The molecule has 0 spiro atoms. The van der Waals surface area contributed by atoms with Gasteiger partial charge >= 0.3 is 0 Å². The topological polar surface area (TPSA) is 90.9 Å². The minimum absolute atomic E-state index is 0.100. The molecule has 0 atom stereocenters. The Bertz CT molecular complexity index is 1800. The van der Waals surface area contributed by atoms with Gasteiger partial charge in [0.05, 0.1) is 15.2 Å². The van der Waals surface area contributed by atoms with Crippen LogP contribution < -0.4 is 5.73 Å². The van der Waals surface area contributed by atoms with Crippen molar-refractivity contribution in [2.75, 3.05) is 5.73 Å². The number of nitrogen functional groups attached to an aromatic ring is 1. The van der Waals surface area contributed by atoms with E-state index < -0.39 is 21.2 Å². The molecule has 6 nitrogen and oxygen atoms in total. The summed E-state index contributed by atoms with van der Waals surface area (Å²) < 4.78 is 42.3. The standard InChI is InChI=1S/C31H23FN4O2S/c32-25-17-10-18-26(19-25)39(37,38)27-20-28-29(33)35-36(30(28)34-21-27)31(22-11-4-1-5-12-22,23-13-6-2-7-14-23)24-15-8-3-9-16-24/h1-21H,(H2,33,35). The number of hydrogen-bond acceptors (Lipinski definition) is 5. The number of sulfone groups is 1. The molecule has 2 aromatic heterocycles. The van der Waals surface area contributed by atoms with Gasteiger partial charge in [0.15, 0.2) is 11.5 Å². The van der Waals surface area contributed by atoms with Gasteiger partial charge in [-0.2, -0.15) is 5.10 Å². The molecule has 192 valence electrons. The molecule has 2 N–H and O–H groups in total. The van der Waals surface area contributed by atoms with Crippen LogP contribution in [0.15, 0.2) is 137 Å². The van der Waals surface area contributed by atoms with Gasteiger partial charge < -0.3 is 5.73 Å². The van der Waals surface area contributed by atoms with Crippen LogP contribution in [-0.4, -0.2) is 23.2 Å². The van der Waals surface area contributed by atoms with Crippen LogP contribution >= 0.6 is 0 Å². The molecule has 0 saturated heterocycles. The van der Waals surface area contributed by atoms with Crippen LogP contribution in [0.25, 0.3) is 11.0 Å². The summed E-state index contributed by atoms with van der Waals surface area (Å²) in [5, 5.41) is 5.15. The molecule has 0 aliphatic heterocycles. The Balaban J connectivity index is 1.66. The molecular formula is C31H23FN4O2S. The monoisotopic (exact) mass is 534 g/mol. The van der Waals surface area contributed by atoms with E-state index in [-0.39, 0.29) is 15.6 Å². The van der Waals surface area contributed by atoms with Crippen LogP contribution in [-0.2, 0) is 15.4 Å². The second-order valence-electron chi connectivity index (χ2n) is 9.11. The molecule has 0 bridgehead atoms. The van der Waals surface area contributed by atoms with E-state index in [4.69, 9.17) is 10.8 Å². The highest BCUT2D eigenvalue weighted by Gasteiger charge is 2.41. The van der Waals surface area contributed by atoms with Crippen molar-refractivity contribution in [2.45, 2.75) is 15.3 Å². The summed E-state index contributed by atoms with van der Waals surface area (Å²) in [6.07, 6.45) is 1.27. The summed E-state index contributed by atoms with van der Waals surface area (Å²) in [6.45, 7) is 0. The number of aromatic nitrogens is 3. The number of fused-ring (bicyclic) bond motifs is 1. The van der Waals surface area contributed by atoms with E-state index in [1.54, 1.807) is 4.68 Å². The molecule has 0 amide bonds. The molecule has 0 radical (unpaired) electrons. The fraction of sp³-hybridized carbons (Fsp3) is 0.0323. The van der Waals surface area contributed by atoms with Gasteiger partial charge in [0.25, 0.3) is 0 Å². The largest absolute Gasteiger partial charge is 0.382 e. The molecule has 2 heterocycles. The van der Waals surface area contributed by atoms with E-state index in [9.17, 15) is 12.8 Å². The zero-order valence-electron chi connectivity index (χ0n) is 20.6. The summed E-state index contributed by atoms with van der Waals surface area (Å²) in [5.74, 6) is -0.517. The number of nitrogens with zero attached hydrogens (tertiary/aromatic N) is 3. The van der Waals surface area contributed by atoms with E-state index in [1.165, 1.54) is 30.5 Å². The van der Waals surface area contributed by atoms with Crippen molar-refractivity contribution in [3.63, 3.8) is 0 Å². The SMILES string of the molecule is Nc1nn(C(c2ccccc2)(c2ccccc2)c2ccccc2)c2ncc(S(=O)(=O)c3cccc(F)c3)cc12. The molecule has 4 aromatic carbocycles. The first-order chi connectivity index (χ1) is 18.9. The summed E-state index contributed by atoms with van der Waals surface area (Å²) in [5.41, 5.74) is 8.65. The molecule has 0 fully saturated rings. The Kier molecular flexibility index (Phi) is 5.96. The van der Waals surface area contributed by atoms with Gasteiger partial charge in [0.1, 0.15) is 11.4 Å². The van der Waals surface area contributed by atoms with Crippen LogP contribution in [0, 0.1) is 5.82 Å². The molecule has 6 rings (SSSR count). The smallest absolute Gasteiger partial charge is 0.208 e. The number of pyridine rings is 1. The Hall–Kier alpha value is -4.82. The zero-order valence-corrected chi connectivity index (χ0v) is 21.5. The fourth-order valence-corrected chi connectivity index (χ4v) is 6.32. The maximum absolute atomic E-state index is 13.8. The van der Waals surface area contributed by atoms with Gasteiger partial charge in [-0.25, -0.2) is 22.5 Å². The van der Waals surface area contributed by atoms with Gasteiger partial charge in [-0.3, -0.25) is 0 Å². The molecule has 0 saturated carbocycles. The number of halogens is 1. The molecule has 8 heteroatoms. The van der Waals surface area contributed by atoms with Gasteiger partial charge in [0.2, 0.25) is 9.84 Å². The van der Waals surface area contributed by atoms with Crippen molar-refractivity contribution >= 4 is 26.7 Å². The number of nitrogens with two attached hydrogens (primary N) is 1. The van der Waals surface area contributed by atoms with Crippen LogP contribution in [0.5, 0.6) is 0 Å². The highest BCUT2D eigenvalue weighted by atomic mass is 32.2. The average Bonchev–Trinajstić information content (AvgIpc) is 3.31. The predicted molar refractivity (Wildman–Crippen MR) is 148 cm³/mol.